The lowest BCUT2D eigenvalue weighted by atomic mass is 10.2. The molecule has 0 bridgehead atoms. The van der Waals surface area contributed by atoms with Crippen molar-refractivity contribution < 1.29 is 13.9 Å². The summed E-state index contributed by atoms with van der Waals surface area (Å²) in [7, 11) is 0. The van der Waals surface area contributed by atoms with E-state index in [0.29, 0.717) is 12.3 Å². The zero-order chi connectivity index (χ0) is 14.7. The average Bonchev–Trinajstić information content (AvgIpc) is 2.88. The first-order valence-corrected chi connectivity index (χ1v) is 8.25. The normalized spacial score (nSPS) is 23.8. The summed E-state index contributed by atoms with van der Waals surface area (Å²) in [5, 5.41) is 0.0131. The number of carbonyl (C=O) groups excluding carboxylic acids is 1. The third kappa shape index (κ3) is 3.56. The molecule has 0 radical (unpaired) electrons. The van der Waals surface area contributed by atoms with Gasteiger partial charge < -0.3 is 9.64 Å². The minimum atomic E-state index is -0.243. The third-order valence-electron chi connectivity index (χ3n) is 3.88. The molecule has 1 aromatic carbocycles. The molecule has 0 unspecified atom stereocenters. The number of hydrogen-bond donors (Lipinski definition) is 0. The number of morpholine rings is 1. The Morgan fingerprint density at radius 2 is 1.90 bits per heavy atom. The fourth-order valence-electron chi connectivity index (χ4n) is 2.67. The summed E-state index contributed by atoms with van der Waals surface area (Å²) in [5.74, 6) is 0.432. The third-order valence-corrected chi connectivity index (χ3v) is 5.14. The SMILES string of the molecule is O=C1CS[C@@H](c2ccc(F)cc2)N1CCN1CCOCC1. The van der Waals surface area contributed by atoms with Crippen LogP contribution in [-0.4, -0.2) is 60.9 Å². The second-order valence-corrected chi connectivity index (χ2v) is 6.32. The van der Waals surface area contributed by atoms with Crippen LogP contribution >= 0.6 is 11.8 Å². The second-order valence-electron chi connectivity index (χ2n) is 5.26. The quantitative estimate of drug-likeness (QED) is 0.848. The number of amides is 1. The zero-order valence-electron chi connectivity index (χ0n) is 11.8. The Kier molecular flexibility index (Phi) is 4.77. The number of ether oxygens (including phenoxy) is 1. The number of halogens is 1. The molecule has 0 aromatic heterocycles. The molecule has 6 heteroatoms. The van der Waals surface area contributed by atoms with Crippen LogP contribution in [0.1, 0.15) is 10.9 Å². The van der Waals surface area contributed by atoms with Crippen LogP contribution in [0.2, 0.25) is 0 Å². The van der Waals surface area contributed by atoms with Gasteiger partial charge in [-0.05, 0) is 17.7 Å². The van der Waals surface area contributed by atoms with Crippen molar-refractivity contribution >= 4 is 17.7 Å². The highest BCUT2D eigenvalue weighted by Gasteiger charge is 2.32. The summed E-state index contributed by atoms with van der Waals surface area (Å²) in [4.78, 5) is 16.3. The summed E-state index contributed by atoms with van der Waals surface area (Å²) in [6.45, 7) is 4.97. The number of hydrogen-bond acceptors (Lipinski definition) is 4. The Labute approximate surface area is 128 Å². The topological polar surface area (TPSA) is 32.8 Å². The average molecular weight is 310 g/mol. The number of thioether (sulfide) groups is 1. The Morgan fingerprint density at radius 1 is 1.19 bits per heavy atom. The molecule has 2 fully saturated rings. The molecule has 4 nitrogen and oxygen atoms in total. The van der Waals surface area contributed by atoms with Gasteiger partial charge in [0.05, 0.1) is 19.0 Å². The largest absolute Gasteiger partial charge is 0.379 e. The number of rotatable bonds is 4. The van der Waals surface area contributed by atoms with E-state index in [2.05, 4.69) is 4.90 Å². The van der Waals surface area contributed by atoms with Crippen LogP contribution < -0.4 is 0 Å². The highest BCUT2D eigenvalue weighted by atomic mass is 32.2. The molecule has 3 rings (SSSR count). The van der Waals surface area contributed by atoms with Crippen molar-refractivity contribution in [3.05, 3.63) is 35.6 Å². The molecule has 2 aliphatic rings. The van der Waals surface area contributed by atoms with Gasteiger partial charge in [-0.1, -0.05) is 12.1 Å². The van der Waals surface area contributed by atoms with E-state index >= 15 is 0 Å². The Bertz CT molecular complexity index is 491. The van der Waals surface area contributed by atoms with Crippen LogP contribution in [0.4, 0.5) is 4.39 Å². The molecule has 114 valence electrons. The zero-order valence-corrected chi connectivity index (χ0v) is 12.7. The fraction of sp³-hybridized carbons (Fsp3) is 0.533. The number of nitrogens with zero attached hydrogens (tertiary/aromatic N) is 2. The van der Waals surface area contributed by atoms with E-state index in [9.17, 15) is 9.18 Å². The second kappa shape index (κ2) is 6.77. The number of benzene rings is 1. The van der Waals surface area contributed by atoms with Gasteiger partial charge in [-0.2, -0.15) is 0 Å². The summed E-state index contributed by atoms with van der Waals surface area (Å²) in [6.07, 6.45) is 0. The smallest absolute Gasteiger partial charge is 0.233 e. The van der Waals surface area contributed by atoms with Gasteiger partial charge in [0.2, 0.25) is 5.91 Å². The highest BCUT2D eigenvalue weighted by molar-refractivity contribution is 8.00. The lowest BCUT2D eigenvalue weighted by Gasteiger charge is -2.30. The Morgan fingerprint density at radius 3 is 2.62 bits per heavy atom. The monoisotopic (exact) mass is 310 g/mol. The Balaban J connectivity index is 1.63. The fourth-order valence-corrected chi connectivity index (χ4v) is 3.89. The van der Waals surface area contributed by atoms with E-state index in [1.807, 2.05) is 4.90 Å². The number of carbonyl (C=O) groups is 1. The van der Waals surface area contributed by atoms with Gasteiger partial charge in [0.1, 0.15) is 11.2 Å². The molecule has 0 N–H and O–H groups in total. The molecule has 0 aliphatic carbocycles. The van der Waals surface area contributed by atoms with Gasteiger partial charge in [0, 0.05) is 26.2 Å². The van der Waals surface area contributed by atoms with Gasteiger partial charge in [-0.25, -0.2) is 4.39 Å². The molecule has 0 saturated carbocycles. The van der Waals surface area contributed by atoms with Crippen molar-refractivity contribution in [2.75, 3.05) is 45.1 Å². The van der Waals surface area contributed by atoms with E-state index in [-0.39, 0.29) is 17.1 Å². The van der Waals surface area contributed by atoms with Gasteiger partial charge in [-0.15, -0.1) is 11.8 Å². The van der Waals surface area contributed by atoms with E-state index < -0.39 is 0 Å². The van der Waals surface area contributed by atoms with Crippen molar-refractivity contribution in [3.8, 4) is 0 Å². The first-order chi connectivity index (χ1) is 10.2. The van der Waals surface area contributed by atoms with Crippen molar-refractivity contribution in [2.24, 2.45) is 0 Å². The lowest BCUT2D eigenvalue weighted by molar-refractivity contribution is -0.128. The lowest BCUT2D eigenvalue weighted by Crippen LogP contribution is -2.42. The summed E-state index contributed by atoms with van der Waals surface area (Å²) in [5.41, 5.74) is 0.995. The van der Waals surface area contributed by atoms with Gasteiger partial charge >= 0.3 is 0 Å². The molecule has 1 amide bonds. The predicted molar refractivity (Wildman–Crippen MR) is 80.6 cm³/mol. The summed E-state index contributed by atoms with van der Waals surface area (Å²) >= 11 is 1.61. The molecule has 2 heterocycles. The maximum atomic E-state index is 13.0. The van der Waals surface area contributed by atoms with Crippen LogP contribution in [0.5, 0.6) is 0 Å². The van der Waals surface area contributed by atoms with Crippen molar-refractivity contribution in [3.63, 3.8) is 0 Å². The maximum Gasteiger partial charge on any atom is 0.233 e. The van der Waals surface area contributed by atoms with Crippen LogP contribution in [0, 0.1) is 5.82 Å². The predicted octanol–water partition coefficient (Wildman–Crippen LogP) is 1.73. The molecule has 0 spiro atoms. The van der Waals surface area contributed by atoms with Crippen molar-refractivity contribution in [2.45, 2.75) is 5.37 Å². The van der Waals surface area contributed by atoms with E-state index in [1.54, 1.807) is 23.9 Å². The summed E-state index contributed by atoms with van der Waals surface area (Å²) < 4.78 is 18.4. The Hall–Kier alpha value is -1.11. The molecular weight excluding hydrogens is 291 g/mol. The van der Waals surface area contributed by atoms with Crippen LogP contribution in [0.3, 0.4) is 0 Å². The standard InChI is InChI=1S/C15H19FN2O2S/c16-13-3-1-12(2-4-13)15-18(14(19)11-21-15)6-5-17-7-9-20-10-8-17/h1-4,15H,5-11H2/t15-/m0/s1. The summed E-state index contributed by atoms with van der Waals surface area (Å²) in [6, 6.07) is 6.46. The first kappa shape index (κ1) is 14.8. The molecule has 2 saturated heterocycles. The van der Waals surface area contributed by atoms with E-state index in [4.69, 9.17) is 4.74 Å². The highest BCUT2D eigenvalue weighted by Crippen LogP contribution is 2.38. The van der Waals surface area contributed by atoms with Crippen LogP contribution in [-0.2, 0) is 9.53 Å². The molecule has 21 heavy (non-hydrogen) atoms. The molecule has 1 aromatic rings. The minimum absolute atomic E-state index is 0.0131. The molecule has 2 aliphatic heterocycles. The maximum absolute atomic E-state index is 13.0. The van der Waals surface area contributed by atoms with Crippen LogP contribution in [0.25, 0.3) is 0 Å². The molecule has 1 atom stereocenters. The van der Waals surface area contributed by atoms with E-state index in [0.717, 1.165) is 38.4 Å². The van der Waals surface area contributed by atoms with Gasteiger partial charge in [0.15, 0.2) is 0 Å². The van der Waals surface area contributed by atoms with E-state index in [1.165, 1.54) is 12.1 Å². The van der Waals surface area contributed by atoms with Crippen molar-refractivity contribution in [1.29, 1.82) is 0 Å². The van der Waals surface area contributed by atoms with Gasteiger partial charge in [-0.3, -0.25) is 9.69 Å². The molecular formula is C15H19FN2O2S. The van der Waals surface area contributed by atoms with Crippen molar-refractivity contribution in [1.82, 2.24) is 9.80 Å². The van der Waals surface area contributed by atoms with Crippen LogP contribution in [0.15, 0.2) is 24.3 Å². The first-order valence-electron chi connectivity index (χ1n) is 7.21. The van der Waals surface area contributed by atoms with Gasteiger partial charge in [0.25, 0.3) is 0 Å². The minimum Gasteiger partial charge on any atom is -0.379 e.